The third-order valence-electron chi connectivity index (χ3n) is 3.87. The lowest BCUT2D eigenvalue weighted by atomic mass is 10.2. The molecule has 22 heavy (non-hydrogen) atoms. The number of aromatic nitrogens is 3. The van der Waals surface area contributed by atoms with Gasteiger partial charge in [-0.1, -0.05) is 17.3 Å². The van der Waals surface area contributed by atoms with Crippen LogP contribution in [0.2, 0.25) is 0 Å². The number of nitrogens with zero attached hydrogens (tertiary/aromatic N) is 3. The van der Waals surface area contributed by atoms with E-state index in [1.54, 1.807) is 31.2 Å². The second-order valence-electron chi connectivity index (χ2n) is 5.41. The molecule has 0 unspecified atom stereocenters. The minimum absolute atomic E-state index is 0.0653. The van der Waals surface area contributed by atoms with Gasteiger partial charge in [0.1, 0.15) is 11.6 Å². The first-order chi connectivity index (χ1) is 10.7. The van der Waals surface area contributed by atoms with Crippen LogP contribution in [0.15, 0.2) is 29.1 Å². The number of benzene rings is 1. The summed E-state index contributed by atoms with van der Waals surface area (Å²) in [5.41, 5.74) is 0.209. The van der Waals surface area contributed by atoms with Crippen molar-refractivity contribution in [2.75, 3.05) is 13.2 Å². The van der Waals surface area contributed by atoms with Crippen molar-refractivity contribution >= 4 is 16.8 Å². The van der Waals surface area contributed by atoms with E-state index in [4.69, 9.17) is 4.74 Å². The number of carbonyl (C=O) groups excluding carboxylic acids is 1. The van der Waals surface area contributed by atoms with Gasteiger partial charge in [-0.05, 0) is 31.9 Å². The number of carbonyl (C=O) groups is 1. The van der Waals surface area contributed by atoms with Crippen molar-refractivity contribution in [3.05, 3.63) is 34.6 Å². The van der Waals surface area contributed by atoms with Crippen LogP contribution in [-0.4, -0.2) is 40.2 Å². The summed E-state index contributed by atoms with van der Waals surface area (Å²) < 4.78 is 6.58. The van der Waals surface area contributed by atoms with Crippen molar-refractivity contribution in [2.24, 2.45) is 0 Å². The minimum atomic E-state index is -0.717. The second kappa shape index (κ2) is 6.23. The number of nitrogens with one attached hydrogen (secondary N) is 1. The molecule has 0 saturated carbocycles. The normalized spacial score (nSPS) is 19.2. The first-order valence-corrected chi connectivity index (χ1v) is 7.40. The van der Waals surface area contributed by atoms with Crippen LogP contribution in [0, 0.1) is 0 Å². The zero-order valence-corrected chi connectivity index (χ0v) is 12.4. The Kier molecular flexibility index (Phi) is 4.15. The summed E-state index contributed by atoms with van der Waals surface area (Å²) in [6.07, 6.45) is 2.03. The van der Waals surface area contributed by atoms with E-state index in [9.17, 15) is 9.59 Å². The fourth-order valence-corrected chi connectivity index (χ4v) is 2.53. The van der Waals surface area contributed by atoms with Crippen molar-refractivity contribution in [1.29, 1.82) is 0 Å². The van der Waals surface area contributed by atoms with Crippen molar-refractivity contribution in [3.8, 4) is 0 Å². The van der Waals surface area contributed by atoms with Crippen LogP contribution in [0.3, 0.4) is 0 Å². The summed E-state index contributed by atoms with van der Waals surface area (Å²) in [5, 5.41) is 11.1. The molecular formula is C15H18N4O3. The fourth-order valence-electron chi connectivity index (χ4n) is 2.53. The zero-order chi connectivity index (χ0) is 15.5. The number of hydrogen-bond acceptors (Lipinski definition) is 5. The Bertz CT molecular complexity index is 737. The molecule has 1 aliphatic rings. The molecule has 7 nitrogen and oxygen atoms in total. The Morgan fingerprint density at radius 3 is 3.09 bits per heavy atom. The summed E-state index contributed by atoms with van der Waals surface area (Å²) in [4.78, 5) is 24.6. The maximum absolute atomic E-state index is 12.4. The van der Waals surface area contributed by atoms with E-state index in [2.05, 4.69) is 15.6 Å². The Morgan fingerprint density at radius 1 is 1.50 bits per heavy atom. The molecule has 1 fully saturated rings. The maximum atomic E-state index is 12.4. The van der Waals surface area contributed by atoms with Gasteiger partial charge in [-0.2, -0.15) is 4.68 Å². The summed E-state index contributed by atoms with van der Waals surface area (Å²) in [5.74, 6) is -0.262. The highest BCUT2D eigenvalue weighted by Gasteiger charge is 2.21. The van der Waals surface area contributed by atoms with Crippen LogP contribution in [0.5, 0.6) is 0 Å². The molecule has 1 aliphatic heterocycles. The number of amides is 1. The predicted molar refractivity (Wildman–Crippen MR) is 80.5 cm³/mol. The van der Waals surface area contributed by atoms with Crippen LogP contribution in [0.1, 0.15) is 25.8 Å². The number of ether oxygens (including phenoxy) is 1. The van der Waals surface area contributed by atoms with Crippen molar-refractivity contribution in [2.45, 2.75) is 31.9 Å². The van der Waals surface area contributed by atoms with Crippen molar-refractivity contribution in [1.82, 2.24) is 20.3 Å². The second-order valence-corrected chi connectivity index (χ2v) is 5.41. The third-order valence-corrected chi connectivity index (χ3v) is 3.87. The molecule has 1 amide bonds. The average Bonchev–Trinajstić information content (AvgIpc) is 3.06. The van der Waals surface area contributed by atoms with Crippen molar-refractivity contribution < 1.29 is 9.53 Å². The summed E-state index contributed by atoms with van der Waals surface area (Å²) in [6, 6.07) is 6.23. The van der Waals surface area contributed by atoms with Gasteiger partial charge in [0, 0.05) is 13.2 Å². The molecule has 1 N–H and O–H groups in total. The molecule has 0 aliphatic carbocycles. The van der Waals surface area contributed by atoms with Crippen molar-refractivity contribution in [3.63, 3.8) is 0 Å². The maximum Gasteiger partial charge on any atom is 0.278 e. The predicted octanol–water partition coefficient (Wildman–Crippen LogP) is 0.648. The van der Waals surface area contributed by atoms with E-state index in [0.717, 1.165) is 24.1 Å². The van der Waals surface area contributed by atoms with Gasteiger partial charge in [0.25, 0.3) is 5.56 Å². The quantitative estimate of drug-likeness (QED) is 0.896. The van der Waals surface area contributed by atoms with E-state index < -0.39 is 6.04 Å². The van der Waals surface area contributed by atoms with E-state index >= 15 is 0 Å². The molecule has 1 saturated heterocycles. The van der Waals surface area contributed by atoms with Gasteiger partial charge >= 0.3 is 0 Å². The highest BCUT2D eigenvalue weighted by atomic mass is 16.5. The molecular weight excluding hydrogens is 284 g/mol. The van der Waals surface area contributed by atoms with Gasteiger partial charge in [0.2, 0.25) is 5.91 Å². The molecule has 0 spiro atoms. The summed E-state index contributed by atoms with van der Waals surface area (Å²) >= 11 is 0. The molecule has 7 heteroatoms. The van der Waals surface area contributed by atoms with Gasteiger partial charge in [-0.15, -0.1) is 5.10 Å². The lowest BCUT2D eigenvalue weighted by Crippen LogP contribution is -2.40. The molecule has 2 atom stereocenters. The lowest BCUT2D eigenvalue weighted by Gasteiger charge is -2.15. The summed E-state index contributed by atoms with van der Waals surface area (Å²) in [6.45, 7) is 2.83. The average molecular weight is 302 g/mol. The van der Waals surface area contributed by atoms with Crippen LogP contribution in [0.25, 0.3) is 10.9 Å². The molecule has 0 radical (unpaired) electrons. The number of hydrogen-bond donors (Lipinski definition) is 1. The molecule has 0 bridgehead atoms. The van der Waals surface area contributed by atoms with Gasteiger partial charge in [0.15, 0.2) is 0 Å². The van der Waals surface area contributed by atoms with E-state index in [-0.39, 0.29) is 17.6 Å². The Hall–Kier alpha value is -2.28. The molecule has 1 aromatic carbocycles. The monoisotopic (exact) mass is 302 g/mol. The third kappa shape index (κ3) is 2.85. The molecule has 2 heterocycles. The highest BCUT2D eigenvalue weighted by molar-refractivity contribution is 5.81. The molecule has 3 rings (SSSR count). The van der Waals surface area contributed by atoms with Gasteiger partial charge in [-0.3, -0.25) is 9.59 Å². The number of rotatable bonds is 4. The van der Waals surface area contributed by atoms with Crippen LogP contribution in [0.4, 0.5) is 0 Å². The first-order valence-electron chi connectivity index (χ1n) is 7.40. The van der Waals surface area contributed by atoms with Crippen LogP contribution < -0.4 is 10.9 Å². The molecule has 1 aromatic heterocycles. The standard InChI is InChI=1S/C15H18N4O3/c1-10(14(20)16-9-11-5-4-8-22-11)19-15(21)12-6-2-3-7-13(12)17-18-19/h2-3,6-7,10-11H,4-5,8-9H2,1H3,(H,16,20)/t10-,11-/m0/s1. The first kappa shape index (κ1) is 14.6. The largest absolute Gasteiger partial charge is 0.376 e. The topological polar surface area (TPSA) is 86.1 Å². The SMILES string of the molecule is C[C@@H](C(=O)NC[C@@H]1CCCO1)n1nnc2ccccc2c1=O. The van der Waals surface area contributed by atoms with Gasteiger partial charge < -0.3 is 10.1 Å². The van der Waals surface area contributed by atoms with Crippen LogP contribution in [-0.2, 0) is 9.53 Å². The van der Waals surface area contributed by atoms with E-state index in [1.165, 1.54) is 0 Å². The van der Waals surface area contributed by atoms with Gasteiger partial charge in [0.05, 0.1) is 11.5 Å². The highest BCUT2D eigenvalue weighted by Crippen LogP contribution is 2.11. The molecule has 2 aromatic rings. The lowest BCUT2D eigenvalue weighted by molar-refractivity contribution is -0.124. The fraction of sp³-hybridized carbons (Fsp3) is 0.467. The van der Waals surface area contributed by atoms with Crippen LogP contribution >= 0.6 is 0 Å². The van der Waals surface area contributed by atoms with Gasteiger partial charge in [-0.25, -0.2) is 0 Å². The number of fused-ring (bicyclic) bond motifs is 1. The zero-order valence-electron chi connectivity index (χ0n) is 12.4. The Morgan fingerprint density at radius 2 is 2.32 bits per heavy atom. The van der Waals surface area contributed by atoms with E-state index in [1.807, 2.05) is 0 Å². The minimum Gasteiger partial charge on any atom is -0.376 e. The molecule has 116 valence electrons. The smallest absolute Gasteiger partial charge is 0.278 e. The van der Waals surface area contributed by atoms with E-state index in [0.29, 0.717) is 17.4 Å². The Labute approximate surface area is 127 Å². The summed E-state index contributed by atoms with van der Waals surface area (Å²) in [7, 11) is 0. The Balaban J connectivity index is 1.76.